The van der Waals surface area contributed by atoms with Gasteiger partial charge in [-0.2, -0.15) is 0 Å². The van der Waals surface area contributed by atoms with E-state index in [1.165, 1.54) is 0 Å². The minimum atomic E-state index is -0.615. The molecule has 0 unspecified atom stereocenters. The van der Waals surface area contributed by atoms with E-state index in [0.29, 0.717) is 15.7 Å². The highest BCUT2D eigenvalue weighted by Crippen LogP contribution is 2.44. The first-order chi connectivity index (χ1) is 10.5. The van der Waals surface area contributed by atoms with Gasteiger partial charge in [0.1, 0.15) is 5.60 Å². The Bertz CT molecular complexity index is 611. The second kappa shape index (κ2) is 6.09. The monoisotopic (exact) mass is 341 g/mol. The summed E-state index contributed by atoms with van der Waals surface area (Å²) < 4.78 is 5.56. The van der Waals surface area contributed by atoms with E-state index in [9.17, 15) is 9.59 Å². The van der Waals surface area contributed by atoms with Crippen LogP contribution in [-0.4, -0.2) is 17.5 Å². The highest BCUT2D eigenvalue weighted by atomic mass is 35.5. The first kappa shape index (κ1) is 15.6. The Balaban J connectivity index is 1.78. The number of carbonyl (C=O) groups excluding carboxylic acids is 2. The molecule has 6 heteroatoms. The Morgan fingerprint density at radius 1 is 1.18 bits per heavy atom. The summed E-state index contributed by atoms with van der Waals surface area (Å²) >= 11 is 11.8. The lowest BCUT2D eigenvalue weighted by Gasteiger charge is -2.36. The molecule has 1 aliphatic heterocycles. The zero-order valence-electron chi connectivity index (χ0n) is 12.0. The van der Waals surface area contributed by atoms with Gasteiger partial charge in [-0.3, -0.25) is 9.59 Å². The van der Waals surface area contributed by atoms with E-state index in [1.54, 1.807) is 18.2 Å². The zero-order chi connectivity index (χ0) is 15.7. The average molecular weight is 342 g/mol. The molecule has 1 N–H and O–H groups in total. The molecule has 1 atom stereocenters. The molecule has 22 heavy (non-hydrogen) atoms. The number of nitrogens with one attached hydrogen (secondary N) is 1. The number of hydrogen-bond acceptors (Lipinski definition) is 3. The van der Waals surface area contributed by atoms with Crippen molar-refractivity contribution in [3.63, 3.8) is 0 Å². The fourth-order valence-corrected chi connectivity index (χ4v) is 3.73. The van der Waals surface area contributed by atoms with Crippen LogP contribution in [0.3, 0.4) is 0 Å². The lowest BCUT2D eigenvalue weighted by molar-refractivity contribution is -0.153. The van der Waals surface area contributed by atoms with Gasteiger partial charge >= 0.3 is 5.97 Å². The van der Waals surface area contributed by atoms with Gasteiger partial charge < -0.3 is 10.1 Å². The Kier molecular flexibility index (Phi) is 4.33. The van der Waals surface area contributed by atoms with E-state index in [0.717, 1.165) is 32.1 Å². The van der Waals surface area contributed by atoms with Gasteiger partial charge in [-0.1, -0.05) is 29.6 Å². The molecule has 118 valence electrons. The summed E-state index contributed by atoms with van der Waals surface area (Å²) in [6, 6.07) is 4.93. The van der Waals surface area contributed by atoms with Gasteiger partial charge in [-0.05, 0) is 43.9 Å². The number of amides is 1. The Morgan fingerprint density at radius 2 is 1.91 bits per heavy atom. The molecule has 1 aliphatic carbocycles. The molecule has 2 fully saturated rings. The Labute approximate surface area is 139 Å². The van der Waals surface area contributed by atoms with Crippen molar-refractivity contribution >= 4 is 40.8 Å². The maximum absolute atomic E-state index is 12.6. The summed E-state index contributed by atoms with van der Waals surface area (Å²) in [6.45, 7) is 0. The van der Waals surface area contributed by atoms with Crippen LogP contribution in [0.1, 0.15) is 38.5 Å². The predicted octanol–water partition coefficient (Wildman–Crippen LogP) is 4.20. The highest BCUT2D eigenvalue weighted by molar-refractivity contribution is 6.42. The van der Waals surface area contributed by atoms with Crippen molar-refractivity contribution in [3.8, 4) is 0 Å². The molecule has 1 saturated heterocycles. The van der Waals surface area contributed by atoms with Gasteiger partial charge in [-0.25, -0.2) is 0 Å². The van der Waals surface area contributed by atoms with Crippen molar-refractivity contribution in [2.75, 3.05) is 5.32 Å². The fourth-order valence-electron chi connectivity index (χ4n) is 3.43. The van der Waals surface area contributed by atoms with Crippen molar-refractivity contribution in [1.29, 1.82) is 0 Å². The van der Waals surface area contributed by atoms with Crippen LogP contribution in [0.5, 0.6) is 0 Å². The molecule has 1 aromatic carbocycles. The van der Waals surface area contributed by atoms with E-state index in [1.807, 2.05) is 0 Å². The molecule has 1 saturated carbocycles. The fraction of sp³-hybridized carbons (Fsp3) is 0.500. The summed E-state index contributed by atoms with van der Waals surface area (Å²) in [6.07, 6.45) is 4.78. The van der Waals surface area contributed by atoms with Crippen LogP contribution in [-0.2, 0) is 14.3 Å². The largest absolute Gasteiger partial charge is 0.458 e. The van der Waals surface area contributed by atoms with Crippen LogP contribution in [0.15, 0.2) is 18.2 Å². The minimum Gasteiger partial charge on any atom is -0.458 e. The average Bonchev–Trinajstić information content (AvgIpc) is 2.80. The van der Waals surface area contributed by atoms with Gasteiger partial charge in [0.05, 0.1) is 22.4 Å². The van der Waals surface area contributed by atoms with E-state index in [2.05, 4.69) is 5.32 Å². The smallest absolute Gasteiger partial charge is 0.307 e. The third kappa shape index (κ3) is 2.95. The minimum absolute atomic E-state index is 0.146. The zero-order valence-corrected chi connectivity index (χ0v) is 13.5. The predicted molar refractivity (Wildman–Crippen MR) is 85.1 cm³/mol. The Morgan fingerprint density at radius 3 is 2.59 bits per heavy atom. The van der Waals surface area contributed by atoms with E-state index in [4.69, 9.17) is 27.9 Å². The quantitative estimate of drug-likeness (QED) is 0.820. The number of carbonyl (C=O) groups is 2. The van der Waals surface area contributed by atoms with Crippen molar-refractivity contribution in [1.82, 2.24) is 0 Å². The lowest BCUT2D eigenvalue weighted by Crippen LogP contribution is -2.43. The summed E-state index contributed by atoms with van der Waals surface area (Å²) in [5, 5.41) is 3.64. The summed E-state index contributed by atoms with van der Waals surface area (Å²) in [5.74, 6) is -0.905. The van der Waals surface area contributed by atoms with Gasteiger partial charge in [0, 0.05) is 5.69 Å². The number of halogens is 2. The molecule has 1 amide bonds. The van der Waals surface area contributed by atoms with Crippen LogP contribution >= 0.6 is 23.2 Å². The van der Waals surface area contributed by atoms with E-state index < -0.39 is 11.5 Å². The SMILES string of the molecule is O=C1C[C@@H](C(=O)Nc2ccc(Cl)c(Cl)c2)C2(CCCCC2)O1. The normalized spacial score (nSPS) is 23.4. The maximum Gasteiger partial charge on any atom is 0.307 e. The summed E-state index contributed by atoms with van der Waals surface area (Å²) in [7, 11) is 0. The number of esters is 1. The topological polar surface area (TPSA) is 55.4 Å². The number of ether oxygens (including phenoxy) is 1. The van der Waals surface area contributed by atoms with Gasteiger partial charge in [-0.15, -0.1) is 0 Å². The van der Waals surface area contributed by atoms with Crippen molar-refractivity contribution < 1.29 is 14.3 Å². The molecule has 1 spiro atoms. The molecule has 2 aliphatic rings. The van der Waals surface area contributed by atoms with Crippen LogP contribution in [0.2, 0.25) is 10.0 Å². The Hall–Kier alpha value is -1.26. The van der Waals surface area contributed by atoms with Crippen molar-refractivity contribution in [2.24, 2.45) is 5.92 Å². The lowest BCUT2D eigenvalue weighted by atomic mass is 9.75. The molecule has 0 radical (unpaired) electrons. The molecule has 1 aromatic rings. The van der Waals surface area contributed by atoms with Crippen LogP contribution < -0.4 is 5.32 Å². The van der Waals surface area contributed by atoms with Crippen LogP contribution in [0.25, 0.3) is 0 Å². The highest BCUT2D eigenvalue weighted by Gasteiger charge is 2.52. The third-order valence-corrected chi connectivity index (χ3v) is 5.27. The number of anilines is 1. The van der Waals surface area contributed by atoms with Gasteiger partial charge in [0.2, 0.25) is 5.91 Å². The molecule has 3 rings (SSSR count). The second-order valence-corrected chi connectivity index (χ2v) is 6.79. The molecular formula is C16H17Cl2NO3. The van der Waals surface area contributed by atoms with E-state index in [-0.39, 0.29) is 18.3 Å². The maximum atomic E-state index is 12.6. The van der Waals surface area contributed by atoms with Crippen LogP contribution in [0.4, 0.5) is 5.69 Å². The summed E-state index contributed by atoms with van der Waals surface area (Å²) in [5.41, 5.74) is -0.0416. The standard InChI is InChI=1S/C16H17Cl2NO3/c17-12-5-4-10(8-13(12)18)19-15(21)11-9-14(20)22-16(11)6-2-1-3-7-16/h4-5,8,11H,1-3,6-7,9H2,(H,19,21)/t11-/m0/s1. The van der Waals surface area contributed by atoms with Gasteiger partial charge in [0.25, 0.3) is 0 Å². The molecule has 0 bridgehead atoms. The van der Waals surface area contributed by atoms with Crippen molar-refractivity contribution in [3.05, 3.63) is 28.2 Å². The van der Waals surface area contributed by atoms with Gasteiger partial charge in [0.15, 0.2) is 0 Å². The molecule has 1 heterocycles. The first-order valence-corrected chi connectivity index (χ1v) is 8.23. The molecular weight excluding hydrogens is 325 g/mol. The van der Waals surface area contributed by atoms with E-state index >= 15 is 0 Å². The molecule has 4 nitrogen and oxygen atoms in total. The number of rotatable bonds is 2. The molecule has 0 aromatic heterocycles. The number of hydrogen-bond donors (Lipinski definition) is 1. The number of benzene rings is 1. The van der Waals surface area contributed by atoms with Crippen molar-refractivity contribution in [2.45, 2.75) is 44.1 Å². The summed E-state index contributed by atoms with van der Waals surface area (Å²) in [4.78, 5) is 24.4. The first-order valence-electron chi connectivity index (χ1n) is 7.48. The van der Waals surface area contributed by atoms with Crippen LogP contribution in [0, 0.1) is 5.92 Å². The second-order valence-electron chi connectivity index (χ2n) is 5.97. The third-order valence-electron chi connectivity index (χ3n) is 4.53.